The molecule has 0 unspecified atom stereocenters. The van der Waals surface area contributed by atoms with Crippen molar-refractivity contribution in [2.45, 2.75) is 32.9 Å². The highest BCUT2D eigenvalue weighted by atomic mass is 35.5. The molecule has 0 aliphatic heterocycles. The number of benzene rings is 1. The fourth-order valence-electron chi connectivity index (χ4n) is 1.82. The van der Waals surface area contributed by atoms with Gasteiger partial charge in [0, 0.05) is 11.6 Å². The number of hydrogen-bond acceptors (Lipinski definition) is 4. The van der Waals surface area contributed by atoms with E-state index < -0.39 is 11.7 Å². The molecule has 0 radical (unpaired) electrons. The Morgan fingerprint density at radius 1 is 1.22 bits per heavy atom. The normalized spacial score (nSPS) is 11.0. The molecule has 2 N–H and O–H groups in total. The zero-order valence-corrected chi connectivity index (χ0v) is 14.1. The molecule has 5 nitrogen and oxygen atoms in total. The highest BCUT2D eigenvalue weighted by molar-refractivity contribution is 6.31. The van der Waals surface area contributed by atoms with E-state index in [1.807, 2.05) is 45.0 Å². The quantitative estimate of drug-likeness (QED) is 0.851. The largest absolute Gasteiger partial charge is 0.444 e. The molecule has 1 aromatic heterocycles. The summed E-state index contributed by atoms with van der Waals surface area (Å²) < 4.78 is 5.18. The lowest BCUT2D eigenvalue weighted by Crippen LogP contribution is -2.27. The molecule has 23 heavy (non-hydrogen) atoms. The van der Waals surface area contributed by atoms with Gasteiger partial charge >= 0.3 is 6.09 Å². The SMILES string of the molecule is CC(C)(C)OC(=O)Nc1ccc(NCc2ccccc2Cl)nc1. The summed E-state index contributed by atoms with van der Waals surface area (Å²) in [7, 11) is 0. The van der Waals surface area contributed by atoms with Crippen molar-refractivity contribution in [3.8, 4) is 0 Å². The number of hydrogen-bond donors (Lipinski definition) is 2. The number of halogens is 1. The van der Waals surface area contributed by atoms with E-state index in [1.54, 1.807) is 18.3 Å². The van der Waals surface area contributed by atoms with Crippen molar-refractivity contribution >= 4 is 29.2 Å². The molecule has 1 amide bonds. The van der Waals surface area contributed by atoms with E-state index in [0.717, 1.165) is 5.56 Å². The summed E-state index contributed by atoms with van der Waals surface area (Å²) in [6, 6.07) is 11.2. The minimum atomic E-state index is -0.534. The van der Waals surface area contributed by atoms with Gasteiger partial charge in [0.25, 0.3) is 0 Å². The van der Waals surface area contributed by atoms with Crippen LogP contribution >= 0.6 is 11.6 Å². The molecule has 0 aliphatic rings. The Kier molecular flexibility index (Phi) is 5.45. The van der Waals surface area contributed by atoms with Crippen molar-refractivity contribution < 1.29 is 9.53 Å². The molecule has 0 spiro atoms. The second-order valence-corrected chi connectivity index (χ2v) is 6.41. The second-order valence-electron chi connectivity index (χ2n) is 6.00. The van der Waals surface area contributed by atoms with Crippen LogP contribution in [-0.2, 0) is 11.3 Å². The van der Waals surface area contributed by atoms with Gasteiger partial charge in [-0.05, 0) is 44.5 Å². The van der Waals surface area contributed by atoms with E-state index in [-0.39, 0.29) is 0 Å². The minimum Gasteiger partial charge on any atom is -0.444 e. The first kappa shape index (κ1) is 17.1. The summed E-state index contributed by atoms with van der Waals surface area (Å²) >= 11 is 6.10. The van der Waals surface area contributed by atoms with Crippen LogP contribution < -0.4 is 10.6 Å². The van der Waals surface area contributed by atoms with E-state index in [4.69, 9.17) is 16.3 Å². The van der Waals surface area contributed by atoms with Crippen LogP contribution in [0.3, 0.4) is 0 Å². The standard InChI is InChI=1S/C17H20ClN3O2/c1-17(2,3)23-16(22)21-13-8-9-15(20-11-13)19-10-12-6-4-5-7-14(12)18/h4-9,11H,10H2,1-3H3,(H,19,20)(H,21,22). The highest BCUT2D eigenvalue weighted by Gasteiger charge is 2.16. The number of anilines is 2. The first-order valence-corrected chi connectivity index (χ1v) is 7.64. The molecule has 1 aromatic carbocycles. The summed E-state index contributed by atoms with van der Waals surface area (Å²) in [6.07, 6.45) is 1.06. The number of nitrogens with zero attached hydrogens (tertiary/aromatic N) is 1. The van der Waals surface area contributed by atoms with Crippen molar-refractivity contribution in [3.05, 3.63) is 53.2 Å². The lowest BCUT2D eigenvalue weighted by Gasteiger charge is -2.19. The number of aromatic nitrogens is 1. The van der Waals surface area contributed by atoms with Gasteiger partial charge in [-0.1, -0.05) is 29.8 Å². The zero-order chi connectivity index (χ0) is 16.9. The van der Waals surface area contributed by atoms with Crippen LogP contribution in [0.5, 0.6) is 0 Å². The van der Waals surface area contributed by atoms with Crippen LogP contribution in [-0.4, -0.2) is 16.7 Å². The fourth-order valence-corrected chi connectivity index (χ4v) is 2.02. The lowest BCUT2D eigenvalue weighted by atomic mass is 10.2. The molecule has 1 heterocycles. The maximum Gasteiger partial charge on any atom is 0.412 e. The number of ether oxygens (including phenoxy) is 1. The summed E-state index contributed by atoms with van der Waals surface area (Å²) in [5.41, 5.74) is 1.03. The Bertz CT molecular complexity index is 666. The van der Waals surface area contributed by atoms with Gasteiger partial charge in [0.1, 0.15) is 11.4 Å². The van der Waals surface area contributed by atoms with Crippen LogP contribution in [0.1, 0.15) is 26.3 Å². The topological polar surface area (TPSA) is 63.2 Å². The monoisotopic (exact) mass is 333 g/mol. The van der Waals surface area contributed by atoms with Gasteiger partial charge in [0.2, 0.25) is 0 Å². The van der Waals surface area contributed by atoms with E-state index in [2.05, 4.69) is 15.6 Å². The van der Waals surface area contributed by atoms with Crippen LogP contribution in [0, 0.1) is 0 Å². The summed E-state index contributed by atoms with van der Waals surface area (Å²) in [5, 5.41) is 6.53. The van der Waals surface area contributed by atoms with Gasteiger partial charge in [0.05, 0.1) is 11.9 Å². The Morgan fingerprint density at radius 2 is 1.96 bits per heavy atom. The molecule has 0 saturated heterocycles. The smallest absolute Gasteiger partial charge is 0.412 e. The molecule has 122 valence electrons. The van der Waals surface area contributed by atoms with Crippen molar-refractivity contribution in [2.24, 2.45) is 0 Å². The van der Waals surface area contributed by atoms with E-state index in [9.17, 15) is 4.79 Å². The van der Waals surface area contributed by atoms with Gasteiger partial charge in [-0.3, -0.25) is 5.32 Å². The predicted octanol–water partition coefficient (Wildman–Crippen LogP) is 4.69. The highest BCUT2D eigenvalue weighted by Crippen LogP contribution is 2.17. The van der Waals surface area contributed by atoms with Crippen LogP contribution in [0.2, 0.25) is 5.02 Å². The molecular weight excluding hydrogens is 314 g/mol. The molecule has 0 saturated carbocycles. The molecule has 0 aliphatic carbocycles. The third kappa shape index (κ3) is 5.79. The Morgan fingerprint density at radius 3 is 2.57 bits per heavy atom. The molecular formula is C17H20ClN3O2. The van der Waals surface area contributed by atoms with Crippen molar-refractivity contribution in [2.75, 3.05) is 10.6 Å². The first-order valence-electron chi connectivity index (χ1n) is 7.27. The van der Waals surface area contributed by atoms with Crippen molar-refractivity contribution in [3.63, 3.8) is 0 Å². The molecule has 6 heteroatoms. The second kappa shape index (κ2) is 7.33. The summed E-state index contributed by atoms with van der Waals surface area (Å²) in [4.78, 5) is 15.9. The van der Waals surface area contributed by atoms with E-state index in [1.165, 1.54) is 0 Å². The minimum absolute atomic E-state index is 0.504. The molecule has 0 atom stereocenters. The van der Waals surface area contributed by atoms with Gasteiger partial charge in [-0.2, -0.15) is 0 Å². The number of pyridine rings is 1. The maximum atomic E-state index is 11.7. The van der Waals surface area contributed by atoms with Crippen molar-refractivity contribution in [1.29, 1.82) is 0 Å². The maximum absolute atomic E-state index is 11.7. The van der Waals surface area contributed by atoms with E-state index in [0.29, 0.717) is 23.1 Å². The third-order valence-electron chi connectivity index (χ3n) is 2.83. The van der Waals surface area contributed by atoms with E-state index >= 15 is 0 Å². The number of carbonyl (C=O) groups is 1. The summed E-state index contributed by atoms with van der Waals surface area (Å²) in [6.45, 7) is 6.01. The molecule has 2 aromatic rings. The zero-order valence-electron chi connectivity index (χ0n) is 13.4. The average molecular weight is 334 g/mol. The van der Waals surface area contributed by atoms with Crippen LogP contribution in [0.4, 0.5) is 16.3 Å². The molecule has 2 rings (SSSR count). The summed E-state index contributed by atoms with van der Waals surface area (Å²) in [5.74, 6) is 0.694. The van der Waals surface area contributed by atoms with Crippen LogP contribution in [0.25, 0.3) is 0 Å². The molecule has 0 fully saturated rings. The Labute approximate surface area is 141 Å². The average Bonchev–Trinajstić information content (AvgIpc) is 2.46. The molecule has 0 bridgehead atoms. The van der Waals surface area contributed by atoms with Gasteiger partial charge < -0.3 is 10.1 Å². The van der Waals surface area contributed by atoms with Gasteiger partial charge in [-0.25, -0.2) is 9.78 Å². The number of rotatable bonds is 4. The first-order chi connectivity index (χ1) is 10.8. The van der Waals surface area contributed by atoms with Gasteiger partial charge in [0.15, 0.2) is 0 Å². The fraction of sp³-hybridized carbons (Fsp3) is 0.294. The third-order valence-corrected chi connectivity index (χ3v) is 3.20. The van der Waals surface area contributed by atoms with Gasteiger partial charge in [-0.15, -0.1) is 0 Å². The predicted molar refractivity (Wildman–Crippen MR) is 92.9 cm³/mol. The Hall–Kier alpha value is -2.27. The number of nitrogens with one attached hydrogen (secondary N) is 2. The number of amides is 1. The Balaban J connectivity index is 1.90. The number of carbonyl (C=O) groups excluding carboxylic acids is 1. The van der Waals surface area contributed by atoms with Crippen molar-refractivity contribution in [1.82, 2.24) is 4.98 Å². The van der Waals surface area contributed by atoms with Crippen LogP contribution in [0.15, 0.2) is 42.6 Å². The lowest BCUT2D eigenvalue weighted by molar-refractivity contribution is 0.0636.